The zero-order valence-electron chi connectivity index (χ0n) is 14.7. The number of pyridine rings is 1. The molecule has 25 heavy (non-hydrogen) atoms. The minimum atomic E-state index is -0.370. The van der Waals surface area contributed by atoms with Crippen LogP contribution in [-0.2, 0) is 4.74 Å². The quantitative estimate of drug-likeness (QED) is 0.502. The second-order valence-corrected chi connectivity index (χ2v) is 6.05. The third-order valence-electron chi connectivity index (χ3n) is 4.40. The summed E-state index contributed by atoms with van der Waals surface area (Å²) < 4.78 is 6.77. The molecule has 0 N–H and O–H groups in total. The standard InChI is InChI=1S/C21H21NO3/c1-4-8-18(23)20-14(2)19(17-11-5-6-12-22(17)20)15-9-7-10-16(13-15)21(24)25-3/h5-7,9-13H,4,8H2,1-3H3. The monoisotopic (exact) mass is 335 g/mol. The van der Waals surface area contributed by atoms with E-state index in [0.29, 0.717) is 12.0 Å². The van der Waals surface area contributed by atoms with Crippen LogP contribution < -0.4 is 0 Å². The highest BCUT2D eigenvalue weighted by Crippen LogP contribution is 2.34. The van der Waals surface area contributed by atoms with Crippen molar-refractivity contribution < 1.29 is 14.3 Å². The lowest BCUT2D eigenvalue weighted by molar-refractivity contribution is 0.0600. The largest absolute Gasteiger partial charge is 0.465 e. The molecule has 0 bridgehead atoms. The van der Waals surface area contributed by atoms with E-state index < -0.39 is 0 Å². The van der Waals surface area contributed by atoms with Crippen LogP contribution in [0.3, 0.4) is 0 Å². The Morgan fingerprint density at radius 2 is 1.92 bits per heavy atom. The Labute approximate surface area is 147 Å². The number of hydrogen-bond acceptors (Lipinski definition) is 3. The first-order valence-corrected chi connectivity index (χ1v) is 8.40. The normalized spacial score (nSPS) is 10.8. The van der Waals surface area contributed by atoms with Gasteiger partial charge in [-0.3, -0.25) is 4.79 Å². The van der Waals surface area contributed by atoms with Crippen molar-refractivity contribution in [1.29, 1.82) is 0 Å². The molecule has 3 rings (SSSR count). The van der Waals surface area contributed by atoms with E-state index in [1.807, 2.05) is 60.8 Å². The molecule has 0 saturated carbocycles. The Balaban J connectivity index is 2.25. The average molecular weight is 335 g/mol. The number of benzene rings is 1. The van der Waals surface area contributed by atoms with Crippen molar-refractivity contribution in [2.75, 3.05) is 7.11 Å². The van der Waals surface area contributed by atoms with Crippen LogP contribution >= 0.6 is 0 Å². The first-order valence-electron chi connectivity index (χ1n) is 8.40. The maximum atomic E-state index is 12.7. The van der Waals surface area contributed by atoms with Gasteiger partial charge in [-0.05, 0) is 48.7 Å². The molecule has 0 saturated heterocycles. The second-order valence-electron chi connectivity index (χ2n) is 6.05. The van der Waals surface area contributed by atoms with Gasteiger partial charge in [0.15, 0.2) is 5.78 Å². The molecule has 128 valence electrons. The number of esters is 1. The van der Waals surface area contributed by atoms with Gasteiger partial charge in [0.1, 0.15) is 0 Å². The predicted octanol–water partition coefficient (Wildman–Crippen LogP) is 4.68. The van der Waals surface area contributed by atoms with Crippen molar-refractivity contribution in [3.05, 3.63) is 65.5 Å². The lowest BCUT2D eigenvalue weighted by Gasteiger charge is -2.05. The van der Waals surface area contributed by atoms with E-state index in [-0.39, 0.29) is 11.8 Å². The van der Waals surface area contributed by atoms with Crippen molar-refractivity contribution in [1.82, 2.24) is 4.40 Å². The molecule has 0 aliphatic rings. The molecule has 0 aliphatic heterocycles. The molecule has 2 aromatic heterocycles. The zero-order chi connectivity index (χ0) is 18.0. The van der Waals surface area contributed by atoms with Crippen molar-refractivity contribution in [3.63, 3.8) is 0 Å². The summed E-state index contributed by atoms with van der Waals surface area (Å²) in [7, 11) is 1.37. The van der Waals surface area contributed by atoms with Gasteiger partial charge < -0.3 is 9.14 Å². The maximum Gasteiger partial charge on any atom is 0.337 e. The first kappa shape index (κ1) is 17.0. The molecular weight excluding hydrogens is 314 g/mol. The molecule has 0 aliphatic carbocycles. The van der Waals surface area contributed by atoms with E-state index in [0.717, 1.165) is 34.3 Å². The Morgan fingerprint density at radius 3 is 2.64 bits per heavy atom. The van der Waals surface area contributed by atoms with E-state index >= 15 is 0 Å². The summed E-state index contributed by atoms with van der Waals surface area (Å²) >= 11 is 0. The van der Waals surface area contributed by atoms with E-state index in [9.17, 15) is 9.59 Å². The van der Waals surface area contributed by atoms with Crippen LogP contribution in [0.25, 0.3) is 16.6 Å². The molecule has 2 heterocycles. The summed E-state index contributed by atoms with van der Waals surface area (Å²) in [6, 6.07) is 13.2. The number of fused-ring (bicyclic) bond motifs is 1. The van der Waals surface area contributed by atoms with Crippen LogP contribution in [-0.4, -0.2) is 23.3 Å². The van der Waals surface area contributed by atoms with Gasteiger partial charge in [-0.15, -0.1) is 0 Å². The zero-order valence-corrected chi connectivity index (χ0v) is 14.7. The maximum absolute atomic E-state index is 12.7. The Bertz CT molecular complexity index is 953. The SMILES string of the molecule is CCCC(=O)c1c(C)c(-c2cccc(C(=O)OC)c2)c2ccccn12. The number of carbonyl (C=O) groups excluding carboxylic acids is 2. The number of carbonyl (C=O) groups is 2. The molecule has 0 radical (unpaired) electrons. The van der Waals surface area contributed by atoms with Crippen LogP contribution in [0.2, 0.25) is 0 Å². The number of Topliss-reactive ketones (excluding diaryl/α,β-unsaturated/α-hetero) is 1. The number of ketones is 1. The van der Waals surface area contributed by atoms with Crippen LogP contribution in [0.1, 0.15) is 46.2 Å². The van der Waals surface area contributed by atoms with Crippen LogP contribution in [0, 0.1) is 6.92 Å². The Hall–Kier alpha value is -2.88. The number of hydrogen-bond donors (Lipinski definition) is 0. The molecular formula is C21H21NO3. The molecule has 0 unspecified atom stereocenters. The second kappa shape index (κ2) is 6.93. The van der Waals surface area contributed by atoms with Gasteiger partial charge in [-0.2, -0.15) is 0 Å². The minimum Gasteiger partial charge on any atom is -0.465 e. The van der Waals surface area contributed by atoms with E-state index in [2.05, 4.69) is 0 Å². The van der Waals surface area contributed by atoms with Gasteiger partial charge in [0, 0.05) is 18.2 Å². The van der Waals surface area contributed by atoms with Crippen molar-refractivity contribution in [2.45, 2.75) is 26.7 Å². The van der Waals surface area contributed by atoms with Crippen molar-refractivity contribution in [2.24, 2.45) is 0 Å². The van der Waals surface area contributed by atoms with Crippen molar-refractivity contribution >= 4 is 17.3 Å². The van der Waals surface area contributed by atoms with Crippen LogP contribution in [0.4, 0.5) is 0 Å². The first-order chi connectivity index (χ1) is 12.1. The fraction of sp³-hybridized carbons (Fsp3) is 0.238. The Kier molecular flexibility index (Phi) is 4.70. The van der Waals surface area contributed by atoms with Crippen LogP contribution in [0.15, 0.2) is 48.7 Å². The van der Waals surface area contributed by atoms with Crippen LogP contribution in [0.5, 0.6) is 0 Å². The van der Waals surface area contributed by atoms with E-state index in [1.54, 1.807) is 6.07 Å². The Morgan fingerprint density at radius 1 is 1.12 bits per heavy atom. The minimum absolute atomic E-state index is 0.136. The lowest BCUT2D eigenvalue weighted by atomic mass is 9.98. The average Bonchev–Trinajstić information content (AvgIpc) is 2.93. The summed E-state index contributed by atoms with van der Waals surface area (Å²) in [6.45, 7) is 3.97. The summed E-state index contributed by atoms with van der Waals surface area (Å²) in [5.74, 6) is -0.234. The summed E-state index contributed by atoms with van der Waals surface area (Å²) in [4.78, 5) is 24.5. The highest BCUT2D eigenvalue weighted by molar-refractivity contribution is 6.02. The third kappa shape index (κ3) is 2.95. The highest BCUT2D eigenvalue weighted by Gasteiger charge is 2.21. The molecule has 0 spiro atoms. The number of nitrogens with zero attached hydrogens (tertiary/aromatic N) is 1. The molecule has 4 heteroatoms. The smallest absolute Gasteiger partial charge is 0.337 e. The molecule has 1 aromatic carbocycles. The van der Waals surface area contributed by atoms with Gasteiger partial charge >= 0.3 is 5.97 Å². The molecule has 3 aromatic rings. The molecule has 0 amide bonds. The van der Waals surface area contributed by atoms with Gasteiger partial charge in [0.2, 0.25) is 0 Å². The summed E-state index contributed by atoms with van der Waals surface area (Å²) in [5.41, 5.74) is 4.99. The molecule has 0 atom stereocenters. The summed E-state index contributed by atoms with van der Waals surface area (Å²) in [6.07, 6.45) is 3.24. The number of methoxy groups -OCH3 is 1. The fourth-order valence-electron chi connectivity index (χ4n) is 3.31. The van der Waals surface area contributed by atoms with Gasteiger partial charge in [0.05, 0.1) is 23.9 Å². The highest BCUT2D eigenvalue weighted by atomic mass is 16.5. The lowest BCUT2D eigenvalue weighted by Crippen LogP contribution is -2.04. The molecule has 4 nitrogen and oxygen atoms in total. The third-order valence-corrected chi connectivity index (χ3v) is 4.40. The van der Waals surface area contributed by atoms with E-state index in [4.69, 9.17) is 4.74 Å². The fourth-order valence-corrected chi connectivity index (χ4v) is 3.31. The van der Waals surface area contributed by atoms with Crippen molar-refractivity contribution in [3.8, 4) is 11.1 Å². The number of aromatic nitrogens is 1. The van der Waals surface area contributed by atoms with E-state index in [1.165, 1.54) is 7.11 Å². The van der Waals surface area contributed by atoms with Gasteiger partial charge in [0.25, 0.3) is 0 Å². The number of rotatable bonds is 5. The topological polar surface area (TPSA) is 47.8 Å². The summed E-state index contributed by atoms with van der Waals surface area (Å²) in [5, 5.41) is 0. The molecule has 0 fully saturated rings. The number of ether oxygens (including phenoxy) is 1. The van der Waals surface area contributed by atoms with Gasteiger partial charge in [-0.25, -0.2) is 4.79 Å². The predicted molar refractivity (Wildman–Crippen MR) is 98.1 cm³/mol. The van der Waals surface area contributed by atoms with Gasteiger partial charge in [-0.1, -0.05) is 25.1 Å².